The van der Waals surface area contributed by atoms with Crippen molar-refractivity contribution in [3.63, 3.8) is 0 Å². The minimum Gasteiger partial charge on any atom is -0.461 e. The standard InChI is InChI=1S/C32H38ClN5O5S/c1-21(2)37-9-7-24(8-10-37)34-31(39)27-18-23-17-22(32(40)42-16-13-36-11-14-41-15-12-36)3-4-26(23)38(27)20-25-19-28(43-35-25)29-5-6-30(33)44-29/h3-6,17-19,21,24H,7-16,20H2,1-2H3,(H,34,39). The number of benzene rings is 1. The highest BCUT2D eigenvalue weighted by atomic mass is 35.5. The molecule has 5 heterocycles. The number of thiophene rings is 1. The van der Waals surface area contributed by atoms with Gasteiger partial charge in [-0.3, -0.25) is 9.69 Å². The molecule has 1 aromatic carbocycles. The molecule has 0 unspecified atom stereocenters. The number of nitrogens with zero attached hydrogens (tertiary/aromatic N) is 4. The molecule has 234 valence electrons. The van der Waals surface area contributed by atoms with Crippen LogP contribution in [0.3, 0.4) is 0 Å². The van der Waals surface area contributed by atoms with Gasteiger partial charge < -0.3 is 28.8 Å². The minimum atomic E-state index is -0.383. The van der Waals surface area contributed by atoms with Gasteiger partial charge in [0.05, 0.1) is 34.5 Å². The van der Waals surface area contributed by atoms with Crippen LogP contribution in [0.1, 0.15) is 53.2 Å². The second-order valence-electron chi connectivity index (χ2n) is 11.6. The van der Waals surface area contributed by atoms with Gasteiger partial charge in [-0.2, -0.15) is 0 Å². The number of piperidine rings is 1. The molecular formula is C32H38ClN5O5S. The molecule has 0 bridgehead atoms. The van der Waals surface area contributed by atoms with Crippen LogP contribution in [0, 0.1) is 0 Å². The maximum absolute atomic E-state index is 13.7. The summed E-state index contributed by atoms with van der Waals surface area (Å²) >= 11 is 7.54. The fourth-order valence-corrected chi connectivity index (χ4v) is 6.85. The van der Waals surface area contributed by atoms with Crippen molar-refractivity contribution < 1.29 is 23.6 Å². The lowest BCUT2D eigenvalue weighted by Gasteiger charge is -2.34. The summed E-state index contributed by atoms with van der Waals surface area (Å²) in [5, 5.41) is 8.33. The summed E-state index contributed by atoms with van der Waals surface area (Å²) in [6.07, 6.45) is 1.81. The summed E-state index contributed by atoms with van der Waals surface area (Å²) in [7, 11) is 0. The molecule has 3 aromatic heterocycles. The van der Waals surface area contributed by atoms with Crippen molar-refractivity contribution in [2.45, 2.75) is 45.3 Å². The molecule has 10 nitrogen and oxygen atoms in total. The SMILES string of the molecule is CC(C)N1CCC(NC(=O)c2cc3cc(C(=O)OCCN4CCOCC4)ccc3n2Cc2cc(-c3ccc(Cl)s3)on2)CC1. The Hall–Kier alpha value is -3.22. The van der Waals surface area contributed by atoms with Gasteiger partial charge in [-0.25, -0.2) is 4.79 Å². The molecule has 6 rings (SSSR count). The van der Waals surface area contributed by atoms with E-state index in [0.29, 0.717) is 66.0 Å². The lowest BCUT2D eigenvalue weighted by molar-refractivity contribution is 0.0195. The van der Waals surface area contributed by atoms with Crippen LogP contribution in [0.15, 0.2) is 47.0 Å². The molecule has 0 spiro atoms. The topological polar surface area (TPSA) is 102 Å². The average molecular weight is 640 g/mol. The lowest BCUT2D eigenvalue weighted by Crippen LogP contribution is -2.46. The molecule has 1 N–H and O–H groups in total. The van der Waals surface area contributed by atoms with E-state index < -0.39 is 0 Å². The molecule has 0 atom stereocenters. The molecule has 4 aromatic rings. The Morgan fingerprint density at radius 1 is 1.09 bits per heavy atom. The molecule has 2 aliphatic rings. The molecule has 0 aliphatic carbocycles. The van der Waals surface area contributed by atoms with Crippen LogP contribution in [0.2, 0.25) is 4.34 Å². The van der Waals surface area contributed by atoms with Gasteiger partial charge in [0.15, 0.2) is 5.76 Å². The Morgan fingerprint density at radius 3 is 2.61 bits per heavy atom. The second kappa shape index (κ2) is 13.8. The van der Waals surface area contributed by atoms with E-state index in [-0.39, 0.29) is 17.9 Å². The Balaban J connectivity index is 1.22. The third-order valence-electron chi connectivity index (χ3n) is 8.40. The smallest absolute Gasteiger partial charge is 0.338 e. The summed E-state index contributed by atoms with van der Waals surface area (Å²) in [4.78, 5) is 32.2. The minimum absolute atomic E-state index is 0.100. The second-order valence-corrected chi connectivity index (χ2v) is 13.4. The van der Waals surface area contributed by atoms with Crippen LogP contribution in [-0.4, -0.2) is 96.0 Å². The van der Waals surface area contributed by atoms with Crippen LogP contribution in [-0.2, 0) is 16.0 Å². The highest BCUT2D eigenvalue weighted by Crippen LogP contribution is 2.32. The number of morpholine rings is 1. The van der Waals surface area contributed by atoms with Crippen LogP contribution in [0.5, 0.6) is 0 Å². The van der Waals surface area contributed by atoms with Crippen molar-refractivity contribution in [2.24, 2.45) is 0 Å². The van der Waals surface area contributed by atoms with Crippen LogP contribution in [0.25, 0.3) is 21.5 Å². The number of ether oxygens (including phenoxy) is 2. The van der Waals surface area contributed by atoms with Crippen LogP contribution in [0.4, 0.5) is 0 Å². The number of esters is 1. The summed E-state index contributed by atoms with van der Waals surface area (Å²) in [5.41, 5.74) is 2.45. The van der Waals surface area contributed by atoms with Crippen molar-refractivity contribution in [3.05, 3.63) is 63.8 Å². The van der Waals surface area contributed by atoms with Crippen molar-refractivity contribution in [1.29, 1.82) is 0 Å². The van der Waals surface area contributed by atoms with Crippen molar-refractivity contribution in [1.82, 2.24) is 24.8 Å². The van der Waals surface area contributed by atoms with Gasteiger partial charge in [0.25, 0.3) is 5.91 Å². The van der Waals surface area contributed by atoms with E-state index in [0.717, 1.165) is 54.8 Å². The van der Waals surface area contributed by atoms with E-state index in [1.54, 1.807) is 12.1 Å². The summed E-state index contributed by atoms with van der Waals surface area (Å²) < 4.78 is 19.2. The number of halogens is 1. The van der Waals surface area contributed by atoms with E-state index in [9.17, 15) is 9.59 Å². The number of hydrogen-bond donors (Lipinski definition) is 1. The number of likely N-dealkylation sites (tertiary alicyclic amines) is 1. The highest BCUT2D eigenvalue weighted by molar-refractivity contribution is 7.19. The maximum atomic E-state index is 13.7. The number of fused-ring (bicyclic) bond motifs is 1. The van der Waals surface area contributed by atoms with Gasteiger partial charge in [-0.15, -0.1) is 11.3 Å². The van der Waals surface area contributed by atoms with Gasteiger partial charge >= 0.3 is 5.97 Å². The van der Waals surface area contributed by atoms with Gasteiger partial charge in [0, 0.05) is 61.8 Å². The molecule has 12 heteroatoms. The Kier molecular flexibility index (Phi) is 9.68. The van der Waals surface area contributed by atoms with Gasteiger partial charge in [0.2, 0.25) is 0 Å². The van der Waals surface area contributed by atoms with E-state index in [1.807, 2.05) is 34.9 Å². The van der Waals surface area contributed by atoms with Crippen LogP contribution >= 0.6 is 22.9 Å². The zero-order valence-corrected chi connectivity index (χ0v) is 26.7. The van der Waals surface area contributed by atoms with Gasteiger partial charge in [-0.1, -0.05) is 16.8 Å². The predicted octanol–water partition coefficient (Wildman–Crippen LogP) is 5.15. The van der Waals surface area contributed by atoms with Gasteiger partial charge in [-0.05, 0) is 63.1 Å². The number of nitrogens with one attached hydrogen (secondary N) is 1. The quantitative estimate of drug-likeness (QED) is 0.238. The molecule has 0 saturated carbocycles. The molecular weight excluding hydrogens is 602 g/mol. The first-order chi connectivity index (χ1) is 21.3. The molecule has 2 fully saturated rings. The number of rotatable bonds is 10. The normalized spacial score (nSPS) is 17.0. The first kappa shape index (κ1) is 30.8. The van der Waals surface area contributed by atoms with E-state index >= 15 is 0 Å². The third kappa shape index (κ3) is 7.18. The zero-order valence-electron chi connectivity index (χ0n) is 25.1. The fraction of sp³-hybridized carbons (Fsp3) is 0.469. The van der Waals surface area contributed by atoms with Crippen molar-refractivity contribution in [2.75, 3.05) is 52.5 Å². The van der Waals surface area contributed by atoms with E-state index in [4.69, 9.17) is 25.6 Å². The summed E-state index contributed by atoms with van der Waals surface area (Å²) in [6.45, 7) is 10.7. The van der Waals surface area contributed by atoms with Crippen molar-refractivity contribution in [3.8, 4) is 10.6 Å². The van der Waals surface area contributed by atoms with Gasteiger partial charge in [0.1, 0.15) is 18.0 Å². The average Bonchev–Trinajstić information content (AvgIpc) is 3.77. The summed E-state index contributed by atoms with van der Waals surface area (Å²) in [6, 6.07) is 13.4. The third-order valence-corrected chi connectivity index (χ3v) is 9.65. The monoisotopic (exact) mass is 639 g/mol. The fourth-order valence-electron chi connectivity index (χ4n) is 5.86. The maximum Gasteiger partial charge on any atom is 0.338 e. The van der Waals surface area contributed by atoms with Crippen molar-refractivity contribution >= 4 is 45.7 Å². The lowest BCUT2D eigenvalue weighted by atomic mass is 10.0. The Bertz CT molecular complexity index is 1600. The first-order valence-electron chi connectivity index (χ1n) is 15.2. The number of amides is 1. The Labute approximate surface area is 265 Å². The zero-order chi connectivity index (χ0) is 30.6. The highest BCUT2D eigenvalue weighted by Gasteiger charge is 2.25. The number of carbonyl (C=O) groups is 2. The number of hydrogen-bond acceptors (Lipinski definition) is 9. The predicted molar refractivity (Wildman–Crippen MR) is 171 cm³/mol. The van der Waals surface area contributed by atoms with E-state index in [1.165, 1.54) is 11.3 Å². The molecule has 2 aliphatic heterocycles. The largest absolute Gasteiger partial charge is 0.461 e. The molecule has 0 radical (unpaired) electrons. The molecule has 1 amide bonds. The Morgan fingerprint density at radius 2 is 1.89 bits per heavy atom. The number of aromatic nitrogens is 2. The number of carbonyl (C=O) groups excluding carboxylic acids is 2. The molecule has 2 saturated heterocycles. The summed E-state index contributed by atoms with van der Waals surface area (Å²) in [5.74, 6) is 0.0950. The molecule has 44 heavy (non-hydrogen) atoms. The van der Waals surface area contributed by atoms with Crippen LogP contribution < -0.4 is 5.32 Å². The first-order valence-corrected chi connectivity index (χ1v) is 16.4. The van der Waals surface area contributed by atoms with E-state index in [2.05, 4.69) is 34.1 Å².